The van der Waals surface area contributed by atoms with Crippen LogP contribution in [-0.2, 0) is 0 Å². The lowest BCUT2D eigenvalue weighted by atomic mass is 9.74. The number of hydrogen-bond donors (Lipinski definition) is 1. The van der Waals surface area contributed by atoms with Crippen LogP contribution in [0.5, 0.6) is 0 Å². The van der Waals surface area contributed by atoms with Crippen molar-refractivity contribution in [2.45, 2.75) is 66.0 Å². The van der Waals surface area contributed by atoms with Gasteiger partial charge in [-0.3, -0.25) is 0 Å². The van der Waals surface area contributed by atoms with Crippen LogP contribution in [0.3, 0.4) is 0 Å². The van der Waals surface area contributed by atoms with Crippen molar-refractivity contribution in [2.24, 2.45) is 23.7 Å². The molecule has 0 radical (unpaired) electrons. The maximum atomic E-state index is 10.2. The third-order valence-electron chi connectivity index (χ3n) is 5.11. The Labute approximate surface area is 114 Å². The predicted octanol–water partition coefficient (Wildman–Crippen LogP) is 3.40. The highest BCUT2D eigenvalue weighted by atomic mass is 16.3. The molecule has 0 aromatic heterocycles. The van der Waals surface area contributed by atoms with Gasteiger partial charge in [0.05, 0.1) is 6.10 Å². The third-order valence-corrected chi connectivity index (χ3v) is 5.11. The molecule has 0 aromatic carbocycles. The van der Waals surface area contributed by atoms with Gasteiger partial charge in [0.25, 0.3) is 0 Å². The first-order valence-corrected chi connectivity index (χ1v) is 7.71. The van der Waals surface area contributed by atoms with Crippen LogP contribution in [0.2, 0.25) is 0 Å². The maximum Gasteiger partial charge on any atom is 0.0580 e. The Bertz CT molecular complexity index is 239. The lowest BCUT2D eigenvalue weighted by Gasteiger charge is -2.39. The highest BCUT2D eigenvalue weighted by Gasteiger charge is 2.32. The monoisotopic (exact) mass is 255 g/mol. The zero-order valence-corrected chi connectivity index (χ0v) is 13.2. The summed E-state index contributed by atoms with van der Waals surface area (Å²) in [6.07, 6.45) is 3.33. The third kappa shape index (κ3) is 4.24. The van der Waals surface area contributed by atoms with E-state index in [-0.39, 0.29) is 6.10 Å². The molecule has 0 saturated heterocycles. The van der Waals surface area contributed by atoms with Crippen molar-refractivity contribution in [1.29, 1.82) is 0 Å². The van der Waals surface area contributed by atoms with E-state index in [0.29, 0.717) is 17.9 Å². The van der Waals surface area contributed by atoms with E-state index in [9.17, 15) is 5.11 Å². The van der Waals surface area contributed by atoms with E-state index in [2.05, 4.69) is 46.6 Å². The van der Waals surface area contributed by atoms with Gasteiger partial charge in [-0.05, 0) is 56.9 Å². The molecule has 2 nitrogen and oxygen atoms in total. The molecule has 1 aliphatic rings. The molecule has 0 bridgehead atoms. The van der Waals surface area contributed by atoms with Crippen molar-refractivity contribution < 1.29 is 5.11 Å². The van der Waals surface area contributed by atoms with Crippen LogP contribution in [0, 0.1) is 23.7 Å². The molecule has 0 amide bonds. The number of aliphatic hydroxyl groups is 1. The number of nitrogens with zero attached hydrogens (tertiary/aromatic N) is 1. The second-order valence-electron chi connectivity index (χ2n) is 7.07. The summed E-state index contributed by atoms with van der Waals surface area (Å²) in [5.74, 6) is 2.71. The minimum atomic E-state index is -0.0817. The molecule has 4 atom stereocenters. The van der Waals surface area contributed by atoms with Gasteiger partial charge in [0.2, 0.25) is 0 Å². The van der Waals surface area contributed by atoms with E-state index in [0.717, 1.165) is 24.8 Å². The van der Waals surface area contributed by atoms with Crippen molar-refractivity contribution in [3.8, 4) is 0 Å². The summed E-state index contributed by atoms with van der Waals surface area (Å²) in [5.41, 5.74) is 0. The van der Waals surface area contributed by atoms with Gasteiger partial charge in [-0.25, -0.2) is 0 Å². The molecule has 0 aliphatic heterocycles. The average molecular weight is 255 g/mol. The van der Waals surface area contributed by atoms with E-state index >= 15 is 0 Å². The summed E-state index contributed by atoms with van der Waals surface area (Å²) >= 11 is 0. The smallest absolute Gasteiger partial charge is 0.0580 e. The van der Waals surface area contributed by atoms with Crippen LogP contribution in [0.15, 0.2) is 0 Å². The quantitative estimate of drug-likeness (QED) is 0.814. The SMILES string of the molecule is CC(C)C1CCC(O)C(CN(C)C(C)C(C)C)C1. The van der Waals surface area contributed by atoms with Crippen LogP contribution in [0.4, 0.5) is 0 Å². The van der Waals surface area contributed by atoms with Crippen molar-refractivity contribution in [2.75, 3.05) is 13.6 Å². The van der Waals surface area contributed by atoms with E-state index in [1.54, 1.807) is 0 Å². The average Bonchev–Trinajstić information content (AvgIpc) is 2.30. The first-order valence-electron chi connectivity index (χ1n) is 7.71. The zero-order chi connectivity index (χ0) is 13.9. The van der Waals surface area contributed by atoms with Crippen molar-refractivity contribution in [3.05, 3.63) is 0 Å². The zero-order valence-electron chi connectivity index (χ0n) is 13.2. The number of hydrogen-bond acceptors (Lipinski definition) is 2. The van der Waals surface area contributed by atoms with E-state index < -0.39 is 0 Å². The molecule has 0 aromatic rings. The van der Waals surface area contributed by atoms with Crippen LogP contribution in [-0.4, -0.2) is 35.7 Å². The molecule has 108 valence electrons. The minimum absolute atomic E-state index is 0.0817. The molecule has 1 aliphatic carbocycles. The molecule has 1 fully saturated rings. The van der Waals surface area contributed by atoms with Crippen molar-refractivity contribution in [1.82, 2.24) is 4.90 Å². The molecule has 0 heterocycles. The van der Waals surface area contributed by atoms with Crippen LogP contribution in [0.25, 0.3) is 0 Å². The Morgan fingerprint density at radius 2 is 1.72 bits per heavy atom. The molecule has 1 rings (SSSR count). The lowest BCUT2D eigenvalue weighted by Crippen LogP contribution is -2.42. The van der Waals surface area contributed by atoms with Crippen molar-refractivity contribution in [3.63, 3.8) is 0 Å². The second kappa shape index (κ2) is 6.91. The van der Waals surface area contributed by atoms with Gasteiger partial charge in [0.1, 0.15) is 0 Å². The molecule has 4 unspecified atom stereocenters. The highest BCUT2D eigenvalue weighted by Crippen LogP contribution is 2.34. The highest BCUT2D eigenvalue weighted by molar-refractivity contribution is 4.84. The summed E-state index contributed by atoms with van der Waals surface area (Å²) in [5, 5.41) is 10.2. The Kier molecular flexibility index (Phi) is 6.13. The Morgan fingerprint density at radius 1 is 1.11 bits per heavy atom. The normalized spacial score (nSPS) is 31.3. The molecule has 1 saturated carbocycles. The van der Waals surface area contributed by atoms with Gasteiger partial charge in [-0.1, -0.05) is 27.7 Å². The summed E-state index contributed by atoms with van der Waals surface area (Å²) in [7, 11) is 2.20. The first kappa shape index (κ1) is 16.0. The van der Waals surface area contributed by atoms with Gasteiger partial charge < -0.3 is 10.0 Å². The molecular weight excluding hydrogens is 222 g/mol. The summed E-state index contributed by atoms with van der Waals surface area (Å²) in [6.45, 7) is 12.5. The number of rotatable bonds is 5. The molecule has 0 spiro atoms. The topological polar surface area (TPSA) is 23.5 Å². The van der Waals surface area contributed by atoms with Gasteiger partial charge in [-0.2, -0.15) is 0 Å². The summed E-state index contributed by atoms with van der Waals surface area (Å²) in [4.78, 5) is 2.43. The van der Waals surface area contributed by atoms with Gasteiger partial charge in [0.15, 0.2) is 0 Å². The van der Waals surface area contributed by atoms with Crippen LogP contribution < -0.4 is 0 Å². The Hall–Kier alpha value is -0.0800. The fraction of sp³-hybridized carbons (Fsp3) is 1.00. The van der Waals surface area contributed by atoms with Crippen LogP contribution in [0.1, 0.15) is 53.9 Å². The Balaban J connectivity index is 2.53. The van der Waals surface area contributed by atoms with Gasteiger partial charge >= 0.3 is 0 Å². The van der Waals surface area contributed by atoms with Gasteiger partial charge in [-0.15, -0.1) is 0 Å². The van der Waals surface area contributed by atoms with Gasteiger partial charge in [0, 0.05) is 12.6 Å². The second-order valence-corrected chi connectivity index (χ2v) is 7.07. The fourth-order valence-electron chi connectivity index (χ4n) is 3.13. The molecule has 1 N–H and O–H groups in total. The van der Waals surface area contributed by atoms with E-state index in [1.165, 1.54) is 12.8 Å². The van der Waals surface area contributed by atoms with Crippen molar-refractivity contribution >= 4 is 0 Å². The lowest BCUT2D eigenvalue weighted by molar-refractivity contribution is 0.0141. The van der Waals surface area contributed by atoms with E-state index in [4.69, 9.17) is 0 Å². The summed E-state index contributed by atoms with van der Waals surface area (Å²) in [6, 6.07) is 0.594. The number of aliphatic hydroxyl groups excluding tert-OH is 1. The largest absolute Gasteiger partial charge is 0.393 e. The van der Waals surface area contributed by atoms with Crippen LogP contribution >= 0.6 is 0 Å². The molecule has 2 heteroatoms. The minimum Gasteiger partial charge on any atom is -0.393 e. The molecule has 18 heavy (non-hydrogen) atoms. The van der Waals surface area contributed by atoms with E-state index in [1.807, 2.05) is 0 Å². The summed E-state index contributed by atoms with van der Waals surface area (Å²) < 4.78 is 0. The standard InChI is InChI=1S/C16H33NO/c1-11(2)13(5)17(6)10-15-9-14(12(3)4)7-8-16(15)18/h11-16,18H,7-10H2,1-6H3. The first-order chi connectivity index (χ1) is 8.32. The fourth-order valence-corrected chi connectivity index (χ4v) is 3.13. The maximum absolute atomic E-state index is 10.2. The predicted molar refractivity (Wildman–Crippen MR) is 78.6 cm³/mol. The Morgan fingerprint density at radius 3 is 2.22 bits per heavy atom. The molecular formula is C16H33NO.